The number of methoxy groups -OCH3 is 2. The van der Waals surface area contributed by atoms with Gasteiger partial charge in [0.2, 0.25) is 0 Å². The first-order valence-corrected chi connectivity index (χ1v) is 7.19. The number of ether oxygens (including phenoxy) is 2. The molecule has 0 bridgehead atoms. The van der Waals surface area contributed by atoms with Crippen LogP contribution in [0.5, 0.6) is 11.5 Å². The third-order valence-electron chi connectivity index (χ3n) is 3.51. The van der Waals surface area contributed by atoms with E-state index in [0.29, 0.717) is 18.0 Å². The summed E-state index contributed by atoms with van der Waals surface area (Å²) >= 11 is 0. The lowest BCUT2D eigenvalue weighted by Crippen LogP contribution is -2.03. The van der Waals surface area contributed by atoms with Gasteiger partial charge in [0.15, 0.2) is 17.3 Å². The third-order valence-corrected chi connectivity index (χ3v) is 3.51. The van der Waals surface area contributed by atoms with Crippen molar-refractivity contribution in [3.63, 3.8) is 0 Å². The van der Waals surface area contributed by atoms with Crippen LogP contribution in [-0.2, 0) is 6.54 Å². The van der Waals surface area contributed by atoms with E-state index >= 15 is 0 Å². The second kappa shape index (κ2) is 6.50. The summed E-state index contributed by atoms with van der Waals surface area (Å²) in [6.07, 6.45) is 1.73. The van der Waals surface area contributed by atoms with E-state index < -0.39 is 0 Å². The van der Waals surface area contributed by atoms with Gasteiger partial charge in [0.25, 0.3) is 0 Å². The Morgan fingerprint density at radius 3 is 2.52 bits per heavy atom. The van der Waals surface area contributed by atoms with Gasteiger partial charge in [-0.25, -0.2) is 9.67 Å². The Morgan fingerprint density at radius 1 is 1.04 bits per heavy atom. The molecular weight excluding hydrogens is 292 g/mol. The van der Waals surface area contributed by atoms with Crippen molar-refractivity contribution in [3.05, 3.63) is 54.4 Å². The summed E-state index contributed by atoms with van der Waals surface area (Å²) < 4.78 is 12.5. The van der Waals surface area contributed by atoms with Crippen LogP contribution in [0, 0.1) is 0 Å². The molecule has 3 aromatic rings. The van der Waals surface area contributed by atoms with Gasteiger partial charge in [-0.1, -0.05) is 6.07 Å². The maximum absolute atomic E-state index is 5.75. The van der Waals surface area contributed by atoms with Crippen LogP contribution < -0.4 is 15.2 Å². The first-order chi connectivity index (χ1) is 11.3. The van der Waals surface area contributed by atoms with E-state index in [1.807, 2.05) is 42.5 Å². The van der Waals surface area contributed by atoms with Crippen LogP contribution in [-0.4, -0.2) is 29.0 Å². The number of nitrogens with two attached hydrogens (primary N) is 1. The number of pyridine rings is 1. The van der Waals surface area contributed by atoms with E-state index in [1.165, 1.54) is 0 Å². The minimum Gasteiger partial charge on any atom is -0.493 e. The number of hydrogen-bond acceptors (Lipinski definition) is 5. The number of nitrogens with zero attached hydrogens (tertiary/aromatic N) is 3. The molecule has 0 unspecified atom stereocenters. The SMILES string of the molecule is COc1ccc(-c2cc(CN)nn2-c2ccccn2)cc1OC. The monoisotopic (exact) mass is 310 g/mol. The van der Waals surface area contributed by atoms with Gasteiger partial charge in [-0.15, -0.1) is 0 Å². The summed E-state index contributed by atoms with van der Waals surface area (Å²) in [6, 6.07) is 13.4. The highest BCUT2D eigenvalue weighted by Crippen LogP contribution is 2.33. The van der Waals surface area contributed by atoms with Crippen LogP contribution in [0.1, 0.15) is 5.69 Å². The number of benzene rings is 1. The van der Waals surface area contributed by atoms with Crippen LogP contribution in [0.15, 0.2) is 48.7 Å². The molecule has 0 aliphatic carbocycles. The molecule has 0 aliphatic heterocycles. The Hall–Kier alpha value is -2.86. The molecule has 0 atom stereocenters. The van der Waals surface area contributed by atoms with Gasteiger partial charge < -0.3 is 15.2 Å². The summed E-state index contributed by atoms with van der Waals surface area (Å²) in [5.41, 5.74) is 8.38. The van der Waals surface area contributed by atoms with E-state index in [1.54, 1.807) is 25.1 Å². The smallest absolute Gasteiger partial charge is 0.161 e. The molecule has 6 heteroatoms. The highest BCUT2D eigenvalue weighted by Gasteiger charge is 2.14. The van der Waals surface area contributed by atoms with Crippen molar-refractivity contribution in [2.75, 3.05) is 14.2 Å². The number of hydrogen-bond donors (Lipinski definition) is 1. The second-order valence-electron chi connectivity index (χ2n) is 4.89. The minimum absolute atomic E-state index is 0.361. The summed E-state index contributed by atoms with van der Waals surface area (Å²) in [4.78, 5) is 4.36. The zero-order valence-electron chi connectivity index (χ0n) is 13.1. The average Bonchev–Trinajstić information content (AvgIpc) is 3.06. The molecule has 2 heterocycles. The molecule has 2 aromatic heterocycles. The van der Waals surface area contributed by atoms with Gasteiger partial charge in [0.05, 0.1) is 25.6 Å². The van der Waals surface area contributed by atoms with Crippen molar-refractivity contribution in [3.8, 4) is 28.6 Å². The fourth-order valence-electron chi connectivity index (χ4n) is 2.38. The summed E-state index contributed by atoms with van der Waals surface area (Å²) in [6.45, 7) is 0.361. The predicted molar refractivity (Wildman–Crippen MR) is 87.8 cm³/mol. The maximum atomic E-state index is 5.75. The Kier molecular flexibility index (Phi) is 4.25. The predicted octanol–water partition coefficient (Wildman–Crippen LogP) is 2.41. The summed E-state index contributed by atoms with van der Waals surface area (Å²) in [5, 5.41) is 4.53. The molecule has 3 rings (SSSR count). The second-order valence-corrected chi connectivity index (χ2v) is 4.89. The molecule has 118 valence electrons. The Bertz CT molecular complexity index is 800. The molecular formula is C17H18N4O2. The fraction of sp³-hybridized carbons (Fsp3) is 0.176. The molecule has 6 nitrogen and oxygen atoms in total. The molecule has 0 amide bonds. The van der Waals surface area contributed by atoms with Gasteiger partial charge >= 0.3 is 0 Å². The van der Waals surface area contributed by atoms with Crippen molar-refractivity contribution in [2.45, 2.75) is 6.54 Å². The normalized spacial score (nSPS) is 10.6. The molecule has 23 heavy (non-hydrogen) atoms. The number of rotatable bonds is 5. The van der Waals surface area contributed by atoms with Crippen LogP contribution in [0.4, 0.5) is 0 Å². The molecule has 0 radical (unpaired) electrons. The Labute approximate surface area is 134 Å². The van der Waals surface area contributed by atoms with E-state index in [9.17, 15) is 0 Å². The molecule has 0 saturated carbocycles. The van der Waals surface area contributed by atoms with E-state index in [4.69, 9.17) is 15.2 Å². The maximum Gasteiger partial charge on any atom is 0.161 e. The lowest BCUT2D eigenvalue weighted by Gasteiger charge is -2.11. The molecule has 0 saturated heterocycles. The van der Waals surface area contributed by atoms with Gasteiger partial charge in [-0.2, -0.15) is 5.10 Å². The van der Waals surface area contributed by atoms with Crippen LogP contribution in [0.3, 0.4) is 0 Å². The first kappa shape index (κ1) is 15.1. The summed E-state index contributed by atoms with van der Waals surface area (Å²) in [7, 11) is 3.23. The molecule has 2 N–H and O–H groups in total. The van der Waals surface area contributed by atoms with Crippen LogP contribution >= 0.6 is 0 Å². The van der Waals surface area contributed by atoms with Gasteiger partial charge in [0.1, 0.15) is 0 Å². The van der Waals surface area contributed by atoms with Gasteiger partial charge in [-0.3, -0.25) is 0 Å². The summed E-state index contributed by atoms with van der Waals surface area (Å²) in [5.74, 6) is 2.07. The van der Waals surface area contributed by atoms with Crippen LogP contribution in [0.25, 0.3) is 17.1 Å². The highest BCUT2D eigenvalue weighted by molar-refractivity contribution is 5.66. The highest BCUT2D eigenvalue weighted by atomic mass is 16.5. The van der Waals surface area contributed by atoms with Crippen molar-refractivity contribution in [1.82, 2.24) is 14.8 Å². The first-order valence-electron chi connectivity index (χ1n) is 7.19. The van der Waals surface area contributed by atoms with Crippen molar-refractivity contribution in [1.29, 1.82) is 0 Å². The standard InChI is InChI=1S/C17H18N4O2/c1-22-15-7-6-12(9-16(15)23-2)14-10-13(11-18)20-21(14)17-5-3-4-8-19-17/h3-10H,11,18H2,1-2H3. The average molecular weight is 310 g/mol. The third kappa shape index (κ3) is 2.89. The molecule has 1 aromatic carbocycles. The van der Waals surface area contributed by atoms with Crippen molar-refractivity contribution < 1.29 is 9.47 Å². The lowest BCUT2D eigenvalue weighted by atomic mass is 10.1. The molecule has 0 spiro atoms. The lowest BCUT2D eigenvalue weighted by molar-refractivity contribution is 0.355. The Balaban J connectivity index is 2.14. The van der Waals surface area contributed by atoms with E-state index in [-0.39, 0.29) is 0 Å². The number of aromatic nitrogens is 3. The van der Waals surface area contributed by atoms with E-state index in [2.05, 4.69) is 10.1 Å². The topological polar surface area (TPSA) is 75.2 Å². The van der Waals surface area contributed by atoms with E-state index in [0.717, 1.165) is 22.8 Å². The minimum atomic E-state index is 0.361. The zero-order valence-corrected chi connectivity index (χ0v) is 13.1. The molecule has 0 aliphatic rings. The fourth-order valence-corrected chi connectivity index (χ4v) is 2.38. The zero-order chi connectivity index (χ0) is 16.2. The van der Waals surface area contributed by atoms with Gasteiger partial charge in [-0.05, 0) is 36.4 Å². The van der Waals surface area contributed by atoms with Crippen molar-refractivity contribution in [2.24, 2.45) is 5.73 Å². The molecule has 0 fully saturated rings. The quantitative estimate of drug-likeness (QED) is 0.783. The largest absolute Gasteiger partial charge is 0.493 e. The van der Waals surface area contributed by atoms with Crippen LogP contribution in [0.2, 0.25) is 0 Å². The Morgan fingerprint density at radius 2 is 1.87 bits per heavy atom. The van der Waals surface area contributed by atoms with Gasteiger partial charge in [0, 0.05) is 18.3 Å². The van der Waals surface area contributed by atoms with Crippen molar-refractivity contribution >= 4 is 0 Å².